The third-order valence-electron chi connectivity index (χ3n) is 7.49. The van der Waals surface area contributed by atoms with Gasteiger partial charge in [0, 0.05) is 16.5 Å². The minimum absolute atomic E-state index is 0.0426. The van der Waals surface area contributed by atoms with Crippen molar-refractivity contribution in [3.05, 3.63) is 52.6 Å². The molecule has 0 aromatic heterocycles. The van der Waals surface area contributed by atoms with Crippen LogP contribution in [0.2, 0.25) is 0 Å². The van der Waals surface area contributed by atoms with Crippen molar-refractivity contribution < 1.29 is 63.5 Å². The van der Waals surface area contributed by atoms with Crippen LogP contribution >= 0.6 is 0 Å². The number of hydrogen-bond donors (Lipinski definition) is 5. The third kappa shape index (κ3) is 4.47. The number of carbonyl (C=O) groups excluding carboxylic acids is 1. The number of fused-ring (bicyclic) bond motifs is 3. The van der Waals surface area contributed by atoms with Gasteiger partial charge in [-0.25, -0.2) is 9.59 Å². The van der Waals surface area contributed by atoms with Gasteiger partial charge in [-0.3, -0.25) is 0 Å². The number of carboxylic acid groups (broad SMARTS) is 1. The Kier molecular flexibility index (Phi) is 6.83. The first-order valence-corrected chi connectivity index (χ1v) is 12.7. The molecule has 1 fully saturated rings. The highest BCUT2D eigenvalue weighted by atomic mass is 16.7. The van der Waals surface area contributed by atoms with E-state index in [0.29, 0.717) is 50.1 Å². The van der Waals surface area contributed by atoms with E-state index in [1.165, 1.54) is 6.92 Å². The molecule has 3 aliphatic heterocycles. The van der Waals surface area contributed by atoms with Crippen molar-refractivity contribution in [3.8, 4) is 28.4 Å². The quantitative estimate of drug-likeness (QED) is 0.270. The second-order valence-electron chi connectivity index (χ2n) is 9.84. The maximum Gasteiger partial charge on any atom is 0.506 e. The van der Waals surface area contributed by atoms with Crippen LogP contribution in [0.4, 0.5) is 4.79 Å². The van der Waals surface area contributed by atoms with Gasteiger partial charge in [-0.15, -0.1) is 0 Å². The maximum atomic E-state index is 13.2. The Morgan fingerprint density at radius 1 is 0.951 bits per heavy atom. The lowest BCUT2D eigenvalue weighted by Gasteiger charge is -2.40. The summed E-state index contributed by atoms with van der Waals surface area (Å²) in [5.41, 5.74) is 2.27. The first-order chi connectivity index (χ1) is 19.7. The molecule has 0 amide bonds. The average Bonchev–Trinajstić information content (AvgIpc) is 3.59. The molecule has 5 atom stereocenters. The summed E-state index contributed by atoms with van der Waals surface area (Å²) in [6.07, 6.45) is -9.02. The molecule has 3 aliphatic rings. The summed E-state index contributed by atoms with van der Waals surface area (Å²) in [5.74, 6) is 0.410. The molecular weight excluding hydrogens is 544 g/mol. The van der Waals surface area contributed by atoms with Crippen LogP contribution in [0.25, 0.3) is 21.9 Å². The fourth-order valence-corrected chi connectivity index (χ4v) is 5.45. The van der Waals surface area contributed by atoms with E-state index >= 15 is 0 Å². The fourth-order valence-electron chi connectivity index (χ4n) is 5.45. The lowest BCUT2D eigenvalue weighted by molar-refractivity contribution is -0.269. The van der Waals surface area contributed by atoms with Crippen LogP contribution in [-0.4, -0.2) is 75.2 Å². The minimum atomic E-state index is -1.73. The topological polar surface area (TPSA) is 191 Å². The Hall–Kier alpha value is -4.14. The molecule has 1 saturated heterocycles. The first-order valence-electron chi connectivity index (χ1n) is 12.7. The second-order valence-corrected chi connectivity index (χ2v) is 9.84. The Bertz CT molecular complexity index is 1550. The largest absolute Gasteiger partial charge is 0.506 e. The van der Waals surface area contributed by atoms with E-state index in [9.17, 15) is 35.1 Å². The van der Waals surface area contributed by atoms with E-state index < -0.39 is 56.0 Å². The molecule has 0 bridgehead atoms. The molecule has 13 heteroatoms. The van der Waals surface area contributed by atoms with Crippen molar-refractivity contribution in [2.75, 3.05) is 6.79 Å². The molecule has 0 aliphatic carbocycles. The normalized spacial score (nSPS) is 24.7. The molecule has 3 aromatic rings. The van der Waals surface area contributed by atoms with Gasteiger partial charge in [0.1, 0.15) is 24.6 Å². The van der Waals surface area contributed by atoms with Crippen molar-refractivity contribution in [3.63, 3.8) is 0 Å². The Balaban J connectivity index is 1.59. The van der Waals surface area contributed by atoms with Crippen LogP contribution in [0.15, 0.2) is 30.3 Å². The molecule has 5 N–H and O–H groups in total. The Labute approximate surface area is 232 Å². The number of rotatable bonds is 6. The summed E-state index contributed by atoms with van der Waals surface area (Å²) in [6.45, 7) is 0.471. The number of aliphatic hydroxyl groups is 4. The van der Waals surface area contributed by atoms with E-state index in [1.807, 2.05) is 0 Å². The van der Waals surface area contributed by atoms with Gasteiger partial charge in [-0.1, -0.05) is 6.07 Å². The smallest absolute Gasteiger partial charge is 0.460 e. The summed E-state index contributed by atoms with van der Waals surface area (Å²) in [6, 6.07) is 8.36. The average molecular weight is 571 g/mol. The molecule has 3 aromatic carbocycles. The molecule has 13 nitrogen and oxygen atoms in total. The Morgan fingerprint density at radius 2 is 1.66 bits per heavy atom. The molecular formula is C28H26O13. The van der Waals surface area contributed by atoms with Gasteiger partial charge in [0.25, 0.3) is 0 Å². The van der Waals surface area contributed by atoms with Gasteiger partial charge in [0.2, 0.25) is 13.1 Å². The number of benzene rings is 3. The van der Waals surface area contributed by atoms with Crippen molar-refractivity contribution in [2.45, 2.75) is 57.5 Å². The predicted octanol–water partition coefficient (Wildman–Crippen LogP) is 1.80. The van der Waals surface area contributed by atoms with Gasteiger partial charge in [-0.2, -0.15) is 0 Å². The van der Waals surface area contributed by atoms with Crippen LogP contribution in [0.1, 0.15) is 34.0 Å². The standard InChI is InChI=1S/C28H26O13/c1-11-22(31)23(32)25(41-28(34)35)27(39-11)40-24-16-5-14(8-30)13(7-29)4-15(16)20(21-17(24)9-36-26(21)33)12-2-3-18-19(6-12)38-10-37-18/h2-6,11,22-23,25,27,29-32H,7-10H2,1H3,(H,34,35)/t11-,22-,23+,25-,27?/m1/s1. The predicted molar refractivity (Wildman–Crippen MR) is 136 cm³/mol. The third-order valence-corrected chi connectivity index (χ3v) is 7.49. The molecule has 41 heavy (non-hydrogen) atoms. The van der Waals surface area contributed by atoms with Gasteiger partial charge < -0.3 is 54.0 Å². The lowest BCUT2D eigenvalue weighted by atomic mass is 9.87. The molecule has 0 saturated carbocycles. The summed E-state index contributed by atoms with van der Waals surface area (Å²) in [5, 5.41) is 51.1. The zero-order valence-electron chi connectivity index (χ0n) is 21.6. The molecule has 1 unspecified atom stereocenters. The van der Waals surface area contributed by atoms with Crippen molar-refractivity contribution in [1.29, 1.82) is 0 Å². The zero-order chi connectivity index (χ0) is 29.0. The molecule has 216 valence electrons. The second kappa shape index (κ2) is 10.4. The van der Waals surface area contributed by atoms with Crippen LogP contribution in [-0.2, 0) is 34.0 Å². The van der Waals surface area contributed by atoms with Crippen molar-refractivity contribution >= 4 is 22.9 Å². The molecule has 6 rings (SSSR count). The number of esters is 1. The van der Waals surface area contributed by atoms with Crippen LogP contribution in [0, 0.1) is 0 Å². The number of aliphatic hydroxyl groups excluding tert-OH is 4. The monoisotopic (exact) mass is 570 g/mol. The van der Waals surface area contributed by atoms with Crippen molar-refractivity contribution in [2.24, 2.45) is 0 Å². The van der Waals surface area contributed by atoms with Gasteiger partial charge in [0.05, 0.1) is 24.9 Å². The van der Waals surface area contributed by atoms with E-state index in [2.05, 4.69) is 0 Å². The first kappa shape index (κ1) is 27.1. The maximum absolute atomic E-state index is 13.2. The van der Waals surface area contributed by atoms with Crippen molar-refractivity contribution in [1.82, 2.24) is 0 Å². The van der Waals surface area contributed by atoms with Crippen LogP contribution in [0.3, 0.4) is 0 Å². The highest BCUT2D eigenvalue weighted by Gasteiger charge is 2.47. The number of hydrogen-bond acceptors (Lipinski definition) is 12. The lowest BCUT2D eigenvalue weighted by Crippen LogP contribution is -2.59. The van der Waals surface area contributed by atoms with Gasteiger partial charge >= 0.3 is 12.1 Å². The van der Waals surface area contributed by atoms with E-state index in [0.717, 1.165) is 0 Å². The van der Waals surface area contributed by atoms with Crippen LogP contribution in [0.5, 0.6) is 17.2 Å². The minimum Gasteiger partial charge on any atom is -0.460 e. The van der Waals surface area contributed by atoms with E-state index in [4.69, 9.17) is 28.4 Å². The molecule has 0 radical (unpaired) electrons. The summed E-state index contributed by atoms with van der Waals surface area (Å²) in [4.78, 5) is 24.6. The van der Waals surface area contributed by atoms with Crippen LogP contribution < -0.4 is 14.2 Å². The number of cyclic esters (lactones) is 1. The van der Waals surface area contributed by atoms with Gasteiger partial charge in [0.15, 0.2) is 17.6 Å². The highest BCUT2D eigenvalue weighted by Crippen LogP contribution is 2.48. The summed E-state index contributed by atoms with van der Waals surface area (Å²) < 4.78 is 33.1. The molecule has 3 heterocycles. The van der Waals surface area contributed by atoms with E-state index in [-0.39, 0.29) is 24.7 Å². The fraction of sp³-hybridized carbons (Fsp3) is 0.357. The van der Waals surface area contributed by atoms with E-state index in [1.54, 1.807) is 30.3 Å². The number of ether oxygens (including phenoxy) is 6. The zero-order valence-corrected chi connectivity index (χ0v) is 21.6. The summed E-state index contributed by atoms with van der Waals surface area (Å²) in [7, 11) is 0. The summed E-state index contributed by atoms with van der Waals surface area (Å²) >= 11 is 0. The molecule has 0 spiro atoms. The highest BCUT2D eigenvalue weighted by molar-refractivity contribution is 6.13. The SMILES string of the molecule is C[C@H]1OC(Oc2c3c(c(-c4ccc5c(c4)OCO5)c4cc(CO)c(CO)cc24)C(=O)OC3)[C@H](OC(=O)O)[C@@H](O)[C@@H]1O. The van der Waals surface area contributed by atoms with Gasteiger partial charge in [-0.05, 0) is 53.3 Å². The number of carbonyl (C=O) groups is 2. The Morgan fingerprint density at radius 3 is 2.37 bits per heavy atom.